The third-order valence-electron chi connectivity index (χ3n) is 2.75. The number of pyridine rings is 1. The predicted molar refractivity (Wildman–Crippen MR) is 75.1 cm³/mol. The highest BCUT2D eigenvalue weighted by Crippen LogP contribution is 2.25. The largest absolute Gasteiger partial charge is 0.496 e. The number of carbonyl (C=O) groups is 1. The SMILES string of the molecule is COc1ccc(Cl)cc1C(=O)c1cc(C)nc(C)c1. The number of halogens is 1. The van der Waals surface area contributed by atoms with Crippen molar-refractivity contribution in [2.24, 2.45) is 0 Å². The highest BCUT2D eigenvalue weighted by molar-refractivity contribution is 6.31. The highest BCUT2D eigenvalue weighted by atomic mass is 35.5. The third-order valence-corrected chi connectivity index (χ3v) is 2.98. The molecule has 0 saturated heterocycles. The van der Waals surface area contributed by atoms with Crippen LogP contribution in [0.15, 0.2) is 30.3 Å². The fourth-order valence-electron chi connectivity index (χ4n) is 1.98. The first kappa shape index (κ1) is 13.6. The van der Waals surface area contributed by atoms with Crippen LogP contribution in [0.4, 0.5) is 0 Å². The van der Waals surface area contributed by atoms with Crippen LogP contribution in [0, 0.1) is 13.8 Å². The molecule has 0 unspecified atom stereocenters. The molecule has 0 saturated carbocycles. The second-order valence-electron chi connectivity index (χ2n) is 4.31. The molecule has 0 N–H and O–H groups in total. The van der Waals surface area contributed by atoms with Gasteiger partial charge in [0.1, 0.15) is 5.75 Å². The first-order chi connectivity index (χ1) is 9.01. The van der Waals surface area contributed by atoms with Gasteiger partial charge in [0.05, 0.1) is 12.7 Å². The predicted octanol–water partition coefficient (Wildman–Crippen LogP) is 3.59. The molecule has 1 aromatic heterocycles. The van der Waals surface area contributed by atoms with Gasteiger partial charge in [-0.2, -0.15) is 0 Å². The number of nitrogens with zero attached hydrogens (tertiary/aromatic N) is 1. The van der Waals surface area contributed by atoms with Gasteiger partial charge in [0.15, 0.2) is 5.78 Å². The van der Waals surface area contributed by atoms with Crippen LogP contribution in [0.5, 0.6) is 5.75 Å². The standard InChI is InChI=1S/C15H14ClNO2/c1-9-6-11(7-10(2)17-9)15(18)13-8-12(16)4-5-14(13)19-3/h4-8H,1-3H3. The Balaban J connectivity index is 2.52. The first-order valence-corrected chi connectivity index (χ1v) is 6.22. The molecule has 0 fully saturated rings. The topological polar surface area (TPSA) is 39.2 Å². The van der Waals surface area contributed by atoms with Gasteiger partial charge in [0, 0.05) is 22.0 Å². The molecular formula is C15H14ClNO2. The lowest BCUT2D eigenvalue weighted by Gasteiger charge is -2.09. The van der Waals surface area contributed by atoms with E-state index >= 15 is 0 Å². The van der Waals surface area contributed by atoms with Gasteiger partial charge in [-0.3, -0.25) is 9.78 Å². The molecule has 0 aliphatic rings. The zero-order valence-electron chi connectivity index (χ0n) is 11.0. The number of carbonyl (C=O) groups excluding carboxylic acids is 1. The maximum absolute atomic E-state index is 12.5. The fourth-order valence-corrected chi connectivity index (χ4v) is 2.15. The average molecular weight is 276 g/mol. The Labute approximate surface area is 117 Å². The lowest BCUT2D eigenvalue weighted by molar-refractivity contribution is 0.103. The molecule has 3 nitrogen and oxygen atoms in total. The lowest BCUT2D eigenvalue weighted by atomic mass is 10.0. The lowest BCUT2D eigenvalue weighted by Crippen LogP contribution is -2.05. The number of hydrogen-bond acceptors (Lipinski definition) is 3. The Morgan fingerprint density at radius 2 is 1.79 bits per heavy atom. The molecule has 4 heteroatoms. The second-order valence-corrected chi connectivity index (χ2v) is 4.75. The Morgan fingerprint density at radius 3 is 2.37 bits per heavy atom. The van der Waals surface area contributed by atoms with E-state index in [1.807, 2.05) is 13.8 Å². The number of rotatable bonds is 3. The van der Waals surface area contributed by atoms with E-state index in [2.05, 4.69) is 4.98 Å². The van der Waals surface area contributed by atoms with Crippen molar-refractivity contribution < 1.29 is 9.53 Å². The van der Waals surface area contributed by atoms with Gasteiger partial charge in [-0.15, -0.1) is 0 Å². The minimum Gasteiger partial charge on any atom is -0.496 e. The zero-order chi connectivity index (χ0) is 14.0. The summed E-state index contributed by atoms with van der Waals surface area (Å²) in [4.78, 5) is 16.8. The molecule has 0 spiro atoms. The number of ketones is 1. The van der Waals surface area contributed by atoms with Crippen LogP contribution >= 0.6 is 11.6 Å². The van der Waals surface area contributed by atoms with Crippen LogP contribution in [-0.2, 0) is 0 Å². The maximum atomic E-state index is 12.5. The summed E-state index contributed by atoms with van der Waals surface area (Å²) in [7, 11) is 1.53. The minimum absolute atomic E-state index is 0.118. The van der Waals surface area contributed by atoms with E-state index in [4.69, 9.17) is 16.3 Å². The number of aromatic nitrogens is 1. The molecule has 19 heavy (non-hydrogen) atoms. The van der Waals surface area contributed by atoms with Gasteiger partial charge in [0.25, 0.3) is 0 Å². The molecule has 1 aromatic carbocycles. The van der Waals surface area contributed by atoms with Crippen LogP contribution in [-0.4, -0.2) is 17.9 Å². The summed E-state index contributed by atoms with van der Waals surface area (Å²) >= 11 is 5.95. The summed E-state index contributed by atoms with van der Waals surface area (Å²) in [6, 6.07) is 8.52. The van der Waals surface area contributed by atoms with E-state index < -0.39 is 0 Å². The first-order valence-electron chi connectivity index (χ1n) is 5.85. The number of ether oxygens (including phenoxy) is 1. The molecule has 0 aliphatic carbocycles. The van der Waals surface area contributed by atoms with E-state index in [-0.39, 0.29) is 5.78 Å². The Hall–Kier alpha value is -1.87. The molecule has 0 bridgehead atoms. The molecule has 2 rings (SSSR count). The Morgan fingerprint density at radius 1 is 1.16 bits per heavy atom. The number of methoxy groups -OCH3 is 1. The van der Waals surface area contributed by atoms with E-state index in [1.165, 1.54) is 7.11 Å². The summed E-state index contributed by atoms with van der Waals surface area (Å²) in [5, 5.41) is 0.506. The summed E-state index contributed by atoms with van der Waals surface area (Å²) in [6.07, 6.45) is 0. The van der Waals surface area contributed by atoms with E-state index in [1.54, 1.807) is 30.3 Å². The molecule has 0 aliphatic heterocycles. The van der Waals surface area contributed by atoms with Crippen LogP contribution in [0.25, 0.3) is 0 Å². The van der Waals surface area contributed by atoms with Crippen molar-refractivity contribution in [3.05, 3.63) is 57.9 Å². The highest BCUT2D eigenvalue weighted by Gasteiger charge is 2.16. The van der Waals surface area contributed by atoms with Gasteiger partial charge in [0.2, 0.25) is 0 Å². The van der Waals surface area contributed by atoms with E-state index in [0.717, 1.165) is 11.4 Å². The van der Waals surface area contributed by atoms with Crippen LogP contribution in [0.3, 0.4) is 0 Å². The van der Waals surface area contributed by atoms with Crippen molar-refractivity contribution >= 4 is 17.4 Å². The second kappa shape index (κ2) is 5.41. The van der Waals surface area contributed by atoms with Crippen LogP contribution in [0.1, 0.15) is 27.3 Å². The summed E-state index contributed by atoms with van der Waals surface area (Å²) in [5.74, 6) is 0.398. The number of hydrogen-bond donors (Lipinski definition) is 0. The van der Waals surface area contributed by atoms with Crippen LogP contribution < -0.4 is 4.74 Å². The van der Waals surface area contributed by atoms with Gasteiger partial charge in [-0.25, -0.2) is 0 Å². The van der Waals surface area contributed by atoms with Crippen molar-refractivity contribution in [2.45, 2.75) is 13.8 Å². The number of benzene rings is 1. The third kappa shape index (κ3) is 2.93. The zero-order valence-corrected chi connectivity index (χ0v) is 11.8. The summed E-state index contributed by atoms with van der Waals surface area (Å²) < 4.78 is 5.21. The maximum Gasteiger partial charge on any atom is 0.196 e. The van der Waals surface area contributed by atoms with E-state index in [9.17, 15) is 4.79 Å². The molecule has 1 heterocycles. The fraction of sp³-hybridized carbons (Fsp3) is 0.200. The molecule has 0 atom stereocenters. The number of aryl methyl sites for hydroxylation is 2. The van der Waals surface area contributed by atoms with Gasteiger partial charge in [-0.1, -0.05) is 11.6 Å². The van der Waals surface area contributed by atoms with Crippen molar-refractivity contribution in [2.75, 3.05) is 7.11 Å². The molecule has 98 valence electrons. The minimum atomic E-state index is -0.118. The molecule has 0 radical (unpaired) electrons. The van der Waals surface area contributed by atoms with Crippen molar-refractivity contribution in [3.8, 4) is 5.75 Å². The Kier molecular flexibility index (Phi) is 3.86. The summed E-state index contributed by atoms with van der Waals surface area (Å²) in [6.45, 7) is 3.72. The van der Waals surface area contributed by atoms with Crippen molar-refractivity contribution in [3.63, 3.8) is 0 Å². The molecule has 2 aromatic rings. The summed E-state index contributed by atoms with van der Waals surface area (Å²) in [5.41, 5.74) is 2.67. The normalized spacial score (nSPS) is 10.3. The monoisotopic (exact) mass is 275 g/mol. The van der Waals surface area contributed by atoms with Gasteiger partial charge >= 0.3 is 0 Å². The van der Waals surface area contributed by atoms with Crippen molar-refractivity contribution in [1.82, 2.24) is 4.98 Å². The molecule has 0 amide bonds. The average Bonchev–Trinajstić information content (AvgIpc) is 2.36. The van der Waals surface area contributed by atoms with Gasteiger partial charge in [-0.05, 0) is 44.2 Å². The van der Waals surface area contributed by atoms with E-state index in [0.29, 0.717) is 21.9 Å². The molecular weight excluding hydrogens is 262 g/mol. The van der Waals surface area contributed by atoms with Gasteiger partial charge < -0.3 is 4.74 Å². The van der Waals surface area contributed by atoms with Crippen LogP contribution in [0.2, 0.25) is 5.02 Å². The quantitative estimate of drug-likeness (QED) is 0.804. The Bertz CT molecular complexity index is 618. The smallest absolute Gasteiger partial charge is 0.196 e. The van der Waals surface area contributed by atoms with Crippen molar-refractivity contribution in [1.29, 1.82) is 0 Å².